The number of carbonyl (C=O) groups is 2. The topological polar surface area (TPSA) is 74.6 Å². The number of carboxylic acids is 2. The molecule has 2 saturated carbocycles. The van der Waals surface area contributed by atoms with Crippen LogP contribution in [0.5, 0.6) is 0 Å². The predicted octanol–water partition coefficient (Wildman–Crippen LogP) is 3.84. The minimum Gasteiger partial charge on any atom is -0.481 e. The van der Waals surface area contributed by atoms with Gasteiger partial charge in [-0.1, -0.05) is 38.5 Å². The second-order valence-corrected chi connectivity index (χ2v) is 6.79. The molecule has 2 aliphatic carbocycles. The number of hydrogen-bond donors (Lipinski definition) is 2. The lowest BCUT2D eigenvalue weighted by molar-refractivity contribution is -0.144. The summed E-state index contributed by atoms with van der Waals surface area (Å²) < 4.78 is 0. The van der Waals surface area contributed by atoms with Crippen LogP contribution >= 0.6 is 0 Å². The Bertz CT molecular complexity index is 331. The quantitative estimate of drug-likeness (QED) is 0.565. The summed E-state index contributed by atoms with van der Waals surface area (Å²) in [6.45, 7) is 0. The first kappa shape index (κ1) is 15.3. The van der Waals surface area contributed by atoms with Gasteiger partial charge in [-0.2, -0.15) is 0 Å². The largest absolute Gasteiger partial charge is 0.481 e. The van der Waals surface area contributed by atoms with Crippen LogP contribution in [0.15, 0.2) is 0 Å². The summed E-state index contributed by atoms with van der Waals surface area (Å²) in [7, 11) is 0. The predicted molar refractivity (Wildman–Crippen MR) is 75.5 cm³/mol. The molecule has 114 valence electrons. The van der Waals surface area contributed by atoms with Crippen LogP contribution in [0.1, 0.15) is 77.0 Å². The minimum absolute atomic E-state index is 0.361. The maximum Gasteiger partial charge on any atom is 0.309 e. The van der Waals surface area contributed by atoms with Crippen LogP contribution in [0.3, 0.4) is 0 Å². The maximum absolute atomic E-state index is 11.0. The van der Waals surface area contributed by atoms with E-state index in [9.17, 15) is 9.59 Å². The van der Waals surface area contributed by atoms with E-state index < -0.39 is 11.9 Å². The molecule has 0 bridgehead atoms. The Morgan fingerprint density at radius 3 is 1.20 bits per heavy atom. The maximum atomic E-state index is 11.0. The zero-order chi connectivity index (χ0) is 14.6. The van der Waals surface area contributed by atoms with E-state index in [0.29, 0.717) is 0 Å². The number of carboxylic acid groups (broad SMARTS) is 2. The molecule has 0 aromatic rings. The van der Waals surface area contributed by atoms with Crippen molar-refractivity contribution in [1.29, 1.82) is 0 Å². The molecule has 0 unspecified atom stereocenters. The van der Waals surface area contributed by atoms with Gasteiger partial charge < -0.3 is 10.2 Å². The zero-order valence-corrected chi connectivity index (χ0v) is 12.2. The fourth-order valence-corrected chi connectivity index (χ4v) is 3.08. The SMILES string of the molecule is O=C(O)C1(CCCCCCCCC2(C(=O)O)CC2)CC1. The highest BCUT2D eigenvalue weighted by Gasteiger charge is 2.49. The van der Waals surface area contributed by atoms with E-state index in [4.69, 9.17) is 10.2 Å². The fourth-order valence-electron chi connectivity index (χ4n) is 3.08. The summed E-state index contributed by atoms with van der Waals surface area (Å²) in [5.41, 5.74) is -0.723. The molecule has 2 rings (SSSR count). The first-order valence-corrected chi connectivity index (χ1v) is 7.98. The Balaban J connectivity index is 1.43. The number of hydrogen-bond acceptors (Lipinski definition) is 2. The van der Waals surface area contributed by atoms with E-state index >= 15 is 0 Å². The minimum atomic E-state index is -0.610. The van der Waals surface area contributed by atoms with Crippen LogP contribution in [-0.2, 0) is 9.59 Å². The van der Waals surface area contributed by atoms with Crippen molar-refractivity contribution in [3.63, 3.8) is 0 Å². The van der Waals surface area contributed by atoms with Crippen molar-refractivity contribution >= 4 is 11.9 Å². The molecule has 0 aromatic carbocycles. The Hall–Kier alpha value is -1.06. The molecule has 4 heteroatoms. The number of aliphatic carboxylic acids is 2. The average Bonchev–Trinajstić information content (AvgIpc) is 3.26. The van der Waals surface area contributed by atoms with Gasteiger partial charge in [-0.3, -0.25) is 9.59 Å². The van der Waals surface area contributed by atoms with Gasteiger partial charge in [-0.25, -0.2) is 0 Å². The number of rotatable bonds is 11. The summed E-state index contributed by atoms with van der Waals surface area (Å²) in [6, 6.07) is 0. The Morgan fingerprint density at radius 2 is 0.950 bits per heavy atom. The van der Waals surface area contributed by atoms with E-state index in [1.54, 1.807) is 0 Å². The Kier molecular flexibility index (Phi) is 4.71. The van der Waals surface area contributed by atoms with Crippen LogP contribution in [0.25, 0.3) is 0 Å². The van der Waals surface area contributed by atoms with Crippen molar-refractivity contribution in [1.82, 2.24) is 0 Å². The lowest BCUT2D eigenvalue weighted by atomic mass is 9.96. The second kappa shape index (κ2) is 6.15. The summed E-state index contributed by atoms with van der Waals surface area (Å²) in [5, 5.41) is 18.1. The van der Waals surface area contributed by atoms with Crippen molar-refractivity contribution < 1.29 is 19.8 Å². The van der Waals surface area contributed by atoms with Crippen LogP contribution in [0, 0.1) is 10.8 Å². The van der Waals surface area contributed by atoms with Crippen LogP contribution in [-0.4, -0.2) is 22.2 Å². The molecule has 2 fully saturated rings. The molecule has 0 atom stereocenters. The molecule has 0 saturated heterocycles. The van der Waals surface area contributed by atoms with Crippen LogP contribution < -0.4 is 0 Å². The molecular weight excluding hydrogens is 256 g/mol. The summed E-state index contributed by atoms with van der Waals surface area (Å²) in [4.78, 5) is 22.0. The smallest absolute Gasteiger partial charge is 0.309 e. The Morgan fingerprint density at radius 1 is 0.650 bits per heavy atom. The van der Waals surface area contributed by atoms with Gasteiger partial charge in [0, 0.05) is 0 Å². The van der Waals surface area contributed by atoms with Gasteiger partial charge in [-0.05, 0) is 38.5 Å². The molecule has 0 radical (unpaired) electrons. The third-order valence-corrected chi connectivity index (χ3v) is 5.18. The first-order chi connectivity index (χ1) is 9.51. The molecule has 2 aliphatic rings. The van der Waals surface area contributed by atoms with Crippen molar-refractivity contribution in [2.75, 3.05) is 0 Å². The van der Waals surface area contributed by atoms with Gasteiger partial charge >= 0.3 is 11.9 Å². The summed E-state index contributed by atoms with van der Waals surface area (Å²) >= 11 is 0. The third kappa shape index (κ3) is 3.74. The van der Waals surface area contributed by atoms with Crippen molar-refractivity contribution in [2.45, 2.75) is 77.0 Å². The highest BCUT2D eigenvalue weighted by atomic mass is 16.4. The van der Waals surface area contributed by atoms with Gasteiger partial charge in [0.05, 0.1) is 10.8 Å². The van der Waals surface area contributed by atoms with Gasteiger partial charge in [0.25, 0.3) is 0 Å². The van der Waals surface area contributed by atoms with Crippen molar-refractivity contribution in [2.24, 2.45) is 10.8 Å². The monoisotopic (exact) mass is 282 g/mol. The summed E-state index contributed by atoms with van der Waals surface area (Å²) in [5.74, 6) is -1.22. The second-order valence-electron chi connectivity index (χ2n) is 6.79. The molecule has 0 aromatic heterocycles. The fraction of sp³-hybridized carbons (Fsp3) is 0.875. The van der Waals surface area contributed by atoms with Gasteiger partial charge in [0.1, 0.15) is 0 Å². The van der Waals surface area contributed by atoms with Gasteiger partial charge in [-0.15, -0.1) is 0 Å². The normalized spacial score (nSPS) is 21.4. The number of unbranched alkanes of at least 4 members (excludes halogenated alkanes) is 5. The van der Waals surface area contributed by atoms with Crippen LogP contribution in [0.4, 0.5) is 0 Å². The van der Waals surface area contributed by atoms with Crippen molar-refractivity contribution in [3.8, 4) is 0 Å². The molecule has 0 aliphatic heterocycles. The van der Waals surface area contributed by atoms with E-state index in [1.807, 2.05) is 0 Å². The van der Waals surface area contributed by atoms with Crippen LogP contribution in [0.2, 0.25) is 0 Å². The highest BCUT2D eigenvalue weighted by Crippen LogP contribution is 2.51. The standard InChI is InChI=1S/C16H26O4/c17-13(18)15(9-10-15)7-5-3-1-2-4-6-8-16(11-12-16)14(19)20/h1-12H2,(H,17,18)(H,19,20). The molecule has 0 spiro atoms. The first-order valence-electron chi connectivity index (χ1n) is 7.98. The van der Waals surface area contributed by atoms with Gasteiger partial charge in [0.2, 0.25) is 0 Å². The lowest BCUT2D eigenvalue weighted by Gasteiger charge is -2.10. The Labute approximate surface area is 120 Å². The molecule has 0 heterocycles. The molecule has 2 N–H and O–H groups in total. The molecule has 20 heavy (non-hydrogen) atoms. The zero-order valence-electron chi connectivity index (χ0n) is 12.2. The molecular formula is C16H26O4. The van der Waals surface area contributed by atoms with Crippen molar-refractivity contribution in [3.05, 3.63) is 0 Å². The molecule has 0 amide bonds. The summed E-state index contributed by atoms with van der Waals surface area (Å²) in [6.07, 6.45) is 11.7. The van der Waals surface area contributed by atoms with E-state index in [1.165, 1.54) is 0 Å². The average molecular weight is 282 g/mol. The van der Waals surface area contributed by atoms with E-state index in [0.717, 1.165) is 77.0 Å². The van der Waals surface area contributed by atoms with E-state index in [2.05, 4.69) is 0 Å². The highest BCUT2D eigenvalue weighted by molar-refractivity contribution is 5.78. The molecule has 4 nitrogen and oxygen atoms in total. The lowest BCUT2D eigenvalue weighted by Crippen LogP contribution is -2.14. The third-order valence-electron chi connectivity index (χ3n) is 5.18. The van der Waals surface area contributed by atoms with Gasteiger partial charge in [0.15, 0.2) is 0 Å². The van der Waals surface area contributed by atoms with E-state index in [-0.39, 0.29) is 10.8 Å².